The molecule has 0 aliphatic rings. The van der Waals surface area contributed by atoms with Crippen LogP contribution in [0.2, 0.25) is 0 Å². The van der Waals surface area contributed by atoms with E-state index in [2.05, 4.69) is 29.8 Å². The van der Waals surface area contributed by atoms with E-state index in [0.29, 0.717) is 0 Å². The molecule has 0 atom stereocenters. The molecule has 54 valence electrons. The van der Waals surface area contributed by atoms with Crippen LogP contribution in [0.1, 0.15) is 19.8 Å². The summed E-state index contributed by atoms with van der Waals surface area (Å²) in [5.74, 6) is 0.801. The van der Waals surface area contributed by atoms with Gasteiger partial charge in [-0.15, -0.1) is 0 Å². The summed E-state index contributed by atoms with van der Waals surface area (Å²) in [5, 5.41) is 7.80. The zero-order valence-corrected chi connectivity index (χ0v) is 6.77. The normalized spacial score (nSPS) is 10.9. The quantitative estimate of drug-likeness (QED) is 0.349. The summed E-state index contributed by atoms with van der Waals surface area (Å²) in [5.41, 5.74) is 0. The Morgan fingerprint density at radius 1 is 1.22 bits per heavy atom. The Labute approximate surface area is 62.2 Å². The van der Waals surface area contributed by atoms with Gasteiger partial charge in [-0.3, -0.25) is 0 Å². The van der Waals surface area contributed by atoms with Crippen molar-refractivity contribution < 1.29 is 0 Å². The van der Waals surface area contributed by atoms with Gasteiger partial charge in [0.1, 0.15) is 0 Å². The van der Waals surface area contributed by atoms with Crippen LogP contribution in [0.15, 0.2) is 10.2 Å². The molecule has 9 heavy (non-hydrogen) atoms. The van der Waals surface area contributed by atoms with E-state index in [-0.39, 0.29) is 0 Å². The Hall–Kier alpha value is -0.0500. The van der Waals surface area contributed by atoms with Gasteiger partial charge in [-0.05, 0) is 6.42 Å². The molecule has 2 nitrogen and oxygen atoms in total. The van der Waals surface area contributed by atoms with Crippen LogP contribution in [0, 0.1) is 0 Å². The largest absolute Gasteiger partial charge is 0.194 e. The zero-order valence-electron chi connectivity index (χ0n) is 5.88. The van der Waals surface area contributed by atoms with Crippen molar-refractivity contribution >= 4 is 12.6 Å². The van der Waals surface area contributed by atoms with Crippen molar-refractivity contribution in [3.05, 3.63) is 0 Å². The summed E-state index contributed by atoms with van der Waals surface area (Å²) >= 11 is 3.99. The van der Waals surface area contributed by atoms with Gasteiger partial charge in [-0.25, -0.2) is 0 Å². The molecule has 0 heterocycles. The van der Waals surface area contributed by atoms with Crippen LogP contribution in [0.4, 0.5) is 0 Å². The SMILES string of the molecule is CCCCN=NCCS. The molecule has 0 saturated carbocycles. The molecule has 0 aliphatic carbocycles. The van der Waals surface area contributed by atoms with Crippen molar-refractivity contribution in [3.8, 4) is 0 Å². The summed E-state index contributed by atoms with van der Waals surface area (Å²) in [4.78, 5) is 0. The van der Waals surface area contributed by atoms with Crippen molar-refractivity contribution in [2.24, 2.45) is 10.2 Å². The summed E-state index contributed by atoms with van der Waals surface area (Å²) in [6.07, 6.45) is 2.34. The van der Waals surface area contributed by atoms with Crippen molar-refractivity contribution in [3.63, 3.8) is 0 Å². The van der Waals surface area contributed by atoms with Crippen molar-refractivity contribution in [1.82, 2.24) is 0 Å². The number of azo groups is 1. The second kappa shape index (κ2) is 7.95. The molecule has 0 aliphatic heterocycles. The number of thiol groups is 1. The van der Waals surface area contributed by atoms with Gasteiger partial charge >= 0.3 is 0 Å². The first kappa shape index (κ1) is 8.95. The average molecular weight is 146 g/mol. The van der Waals surface area contributed by atoms with Crippen LogP contribution >= 0.6 is 12.6 Å². The predicted octanol–water partition coefficient (Wildman–Crippen LogP) is 2.17. The van der Waals surface area contributed by atoms with Gasteiger partial charge in [0.2, 0.25) is 0 Å². The lowest BCUT2D eigenvalue weighted by molar-refractivity contribution is 0.761. The summed E-state index contributed by atoms with van der Waals surface area (Å²) in [6, 6.07) is 0. The first-order valence-electron chi connectivity index (χ1n) is 3.36. The minimum atomic E-state index is 0.757. The van der Waals surface area contributed by atoms with Gasteiger partial charge in [0.25, 0.3) is 0 Å². The smallest absolute Gasteiger partial charge is 0.0686 e. The summed E-state index contributed by atoms with van der Waals surface area (Å²) < 4.78 is 0. The average Bonchev–Trinajstić information content (AvgIpc) is 1.89. The van der Waals surface area contributed by atoms with E-state index >= 15 is 0 Å². The van der Waals surface area contributed by atoms with E-state index in [4.69, 9.17) is 0 Å². The predicted molar refractivity (Wildman–Crippen MR) is 43.4 cm³/mol. The van der Waals surface area contributed by atoms with E-state index < -0.39 is 0 Å². The Bertz CT molecular complexity index is 73.5. The molecule has 0 radical (unpaired) electrons. The highest BCUT2D eigenvalue weighted by Crippen LogP contribution is 1.87. The van der Waals surface area contributed by atoms with E-state index in [0.717, 1.165) is 25.3 Å². The van der Waals surface area contributed by atoms with Gasteiger partial charge < -0.3 is 0 Å². The van der Waals surface area contributed by atoms with Gasteiger partial charge in [-0.2, -0.15) is 22.9 Å². The maximum atomic E-state index is 3.99. The van der Waals surface area contributed by atoms with Crippen LogP contribution in [-0.2, 0) is 0 Å². The molecule has 3 heteroatoms. The molecule has 0 rings (SSSR count). The fraction of sp³-hybridized carbons (Fsp3) is 1.00. The Kier molecular flexibility index (Phi) is 7.91. The van der Waals surface area contributed by atoms with Gasteiger partial charge in [0, 0.05) is 5.75 Å². The van der Waals surface area contributed by atoms with Gasteiger partial charge in [0.05, 0.1) is 13.1 Å². The second-order valence-corrected chi connectivity index (χ2v) is 2.25. The maximum Gasteiger partial charge on any atom is 0.0686 e. The number of hydrogen-bond donors (Lipinski definition) is 1. The highest BCUT2D eigenvalue weighted by atomic mass is 32.1. The Balaban J connectivity index is 2.86. The fourth-order valence-corrected chi connectivity index (χ4v) is 0.504. The van der Waals surface area contributed by atoms with Crippen molar-refractivity contribution in [2.45, 2.75) is 19.8 Å². The number of nitrogens with zero attached hydrogens (tertiary/aromatic N) is 2. The second-order valence-electron chi connectivity index (χ2n) is 1.81. The third-order valence-corrected chi connectivity index (χ3v) is 1.11. The zero-order chi connectivity index (χ0) is 6.95. The summed E-state index contributed by atoms with van der Waals surface area (Å²) in [7, 11) is 0. The van der Waals surface area contributed by atoms with Crippen LogP contribution in [0.25, 0.3) is 0 Å². The van der Waals surface area contributed by atoms with Crippen LogP contribution in [0.5, 0.6) is 0 Å². The summed E-state index contributed by atoms with van der Waals surface area (Å²) in [6.45, 7) is 3.78. The molecule has 0 aromatic carbocycles. The van der Waals surface area contributed by atoms with E-state index in [9.17, 15) is 0 Å². The fourth-order valence-electron chi connectivity index (χ4n) is 0.415. The maximum absolute atomic E-state index is 3.99. The van der Waals surface area contributed by atoms with Crippen molar-refractivity contribution in [1.29, 1.82) is 0 Å². The first-order chi connectivity index (χ1) is 4.41. The van der Waals surface area contributed by atoms with Crippen molar-refractivity contribution in [2.75, 3.05) is 18.8 Å². The molecule has 0 unspecified atom stereocenters. The topological polar surface area (TPSA) is 24.7 Å². The number of unbranched alkanes of at least 4 members (excludes halogenated alkanes) is 1. The third kappa shape index (κ3) is 7.95. The molecule has 0 fully saturated rings. The van der Waals surface area contributed by atoms with Gasteiger partial charge in [0.15, 0.2) is 0 Å². The van der Waals surface area contributed by atoms with E-state index in [1.165, 1.54) is 6.42 Å². The van der Waals surface area contributed by atoms with Crippen LogP contribution < -0.4 is 0 Å². The standard InChI is InChI=1S/C6H14N2S/c1-2-3-4-7-8-5-6-9/h9H,2-6H2,1H3. The lowest BCUT2D eigenvalue weighted by Crippen LogP contribution is -1.80. The number of hydrogen-bond acceptors (Lipinski definition) is 3. The first-order valence-corrected chi connectivity index (χ1v) is 3.99. The minimum absolute atomic E-state index is 0.757. The molecular formula is C6H14N2S. The molecule has 0 N–H and O–H groups in total. The molecule has 0 spiro atoms. The molecule has 0 amide bonds. The lowest BCUT2D eigenvalue weighted by Gasteiger charge is -1.86. The molecule has 0 aromatic heterocycles. The van der Waals surface area contributed by atoms with Crippen LogP contribution in [0.3, 0.4) is 0 Å². The lowest BCUT2D eigenvalue weighted by atomic mass is 10.3. The van der Waals surface area contributed by atoms with E-state index in [1.807, 2.05) is 0 Å². The molecular weight excluding hydrogens is 132 g/mol. The van der Waals surface area contributed by atoms with E-state index in [1.54, 1.807) is 0 Å². The van der Waals surface area contributed by atoms with Crippen LogP contribution in [-0.4, -0.2) is 18.8 Å². The minimum Gasteiger partial charge on any atom is -0.194 e. The third-order valence-electron chi connectivity index (χ3n) is 0.912. The van der Waals surface area contributed by atoms with Gasteiger partial charge in [-0.1, -0.05) is 13.3 Å². The Morgan fingerprint density at radius 3 is 2.44 bits per heavy atom. The highest BCUT2D eigenvalue weighted by Gasteiger charge is 1.77. The number of rotatable bonds is 5. The highest BCUT2D eigenvalue weighted by molar-refractivity contribution is 7.80. The molecule has 0 aromatic rings. The molecule has 0 saturated heterocycles. The Morgan fingerprint density at radius 2 is 1.89 bits per heavy atom. The monoisotopic (exact) mass is 146 g/mol. The molecule has 0 bridgehead atoms.